The Morgan fingerprint density at radius 1 is 1.22 bits per heavy atom. The molecule has 0 N–H and O–H groups in total. The van der Waals surface area contributed by atoms with E-state index in [-0.39, 0.29) is 14.1 Å². The third-order valence-corrected chi connectivity index (χ3v) is 3.87. The third-order valence-electron chi connectivity index (χ3n) is 2.69. The van der Waals surface area contributed by atoms with Crippen molar-refractivity contribution in [2.45, 2.75) is 26.7 Å². The van der Waals surface area contributed by atoms with Gasteiger partial charge < -0.3 is 9.47 Å². The van der Waals surface area contributed by atoms with Gasteiger partial charge in [0.1, 0.15) is 17.1 Å². The molecule has 100 valence electrons. The zero-order valence-corrected chi connectivity index (χ0v) is 12.5. The molecular weight excluding hydrogens is 247 g/mol. The summed E-state index contributed by atoms with van der Waals surface area (Å²) in [5.74, 6) is 1.22. The van der Waals surface area contributed by atoms with Crippen LogP contribution in [0.2, 0.25) is 0 Å². The molecule has 0 saturated carbocycles. The Morgan fingerprint density at radius 3 is 2.22 bits per heavy atom. The van der Waals surface area contributed by atoms with Crippen LogP contribution in [0.3, 0.4) is 0 Å². The number of ether oxygens (including phenoxy) is 2. The average Bonchev–Trinajstić information content (AvgIpc) is 2.37. The Morgan fingerprint density at radius 2 is 1.78 bits per heavy atom. The number of hydrogen-bond donors (Lipinski definition) is 0. The van der Waals surface area contributed by atoms with Crippen LogP contribution in [-0.4, -0.2) is 25.9 Å². The van der Waals surface area contributed by atoms with E-state index in [1.807, 2.05) is 19.1 Å². The predicted octanol–water partition coefficient (Wildman–Crippen LogP) is 3.63. The summed E-state index contributed by atoms with van der Waals surface area (Å²) in [6.07, 6.45) is 3.14. The van der Waals surface area contributed by atoms with E-state index < -0.39 is 0 Å². The Kier molecular flexibility index (Phi) is 6.14. The number of rotatable bonds is 7. The van der Waals surface area contributed by atoms with Crippen molar-refractivity contribution in [2.24, 2.45) is 0 Å². The van der Waals surface area contributed by atoms with Crippen molar-refractivity contribution < 1.29 is 14.3 Å². The molecule has 0 heterocycles. The molecule has 1 atom stereocenters. The number of benzene rings is 1. The highest BCUT2D eigenvalue weighted by Crippen LogP contribution is 2.35. The lowest BCUT2D eigenvalue weighted by Gasteiger charge is -2.13. The minimum absolute atomic E-state index is 0.122. The Labute approximate surface area is 111 Å². The first-order chi connectivity index (χ1) is 8.63. The molecule has 0 aromatic heterocycles. The zero-order chi connectivity index (χ0) is 13.5. The van der Waals surface area contributed by atoms with Crippen LogP contribution in [0.4, 0.5) is 0 Å². The van der Waals surface area contributed by atoms with Gasteiger partial charge in [-0.2, -0.15) is 0 Å². The third kappa shape index (κ3) is 3.71. The molecule has 0 amide bonds. The fraction of sp³-hybridized carbons (Fsp3) is 0.500. The summed E-state index contributed by atoms with van der Waals surface area (Å²) in [7, 11) is 3.45. The van der Waals surface area contributed by atoms with Crippen molar-refractivity contribution in [1.29, 1.82) is 0 Å². The van der Waals surface area contributed by atoms with E-state index in [1.54, 1.807) is 14.2 Å². The molecule has 4 heteroatoms. The van der Waals surface area contributed by atoms with E-state index in [4.69, 9.17) is 9.47 Å². The van der Waals surface area contributed by atoms with Crippen molar-refractivity contribution in [1.82, 2.24) is 0 Å². The molecule has 1 aromatic rings. The van der Waals surface area contributed by atoms with Gasteiger partial charge in [0.25, 0.3) is 0 Å². The number of aryl methyl sites for hydroxylation is 1. The van der Waals surface area contributed by atoms with E-state index in [0.717, 1.165) is 24.6 Å². The first-order valence-corrected chi connectivity index (χ1v) is 7.35. The molecule has 1 aromatic carbocycles. The van der Waals surface area contributed by atoms with Crippen LogP contribution in [-0.2, 0) is 0 Å². The maximum atomic E-state index is 12.2. The van der Waals surface area contributed by atoms with Crippen LogP contribution in [0, 0.1) is 6.92 Å². The topological polar surface area (TPSA) is 35.5 Å². The molecular formula is C14H21O3P. The van der Waals surface area contributed by atoms with Gasteiger partial charge in [-0.05, 0) is 45.8 Å². The van der Waals surface area contributed by atoms with Crippen molar-refractivity contribution in [3.8, 4) is 11.5 Å². The molecule has 0 radical (unpaired) electrons. The second-order valence-electron chi connectivity index (χ2n) is 4.15. The van der Waals surface area contributed by atoms with Gasteiger partial charge in [-0.1, -0.05) is 13.3 Å². The monoisotopic (exact) mass is 268 g/mol. The van der Waals surface area contributed by atoms with E-state index in [2.05, 4.69) is 6.92 Å². The largest absolute Gasteiger partial charge is 0.496 e. The van der Waals surface area contributed by atoms with Crippen LogP contribution < -0.4 is 9.47 Å². The fourth-order valence-corrected chi connectivity index (χ4v) is 2.91. The molecule has 0 saturated heterocycles. The molecule has 0 aliphatic rings. The standard InChI is InChI=1S/C14H21O3P/c1-5-6-7-18-14(15)13-11(16-3)8-10(2)9-12(13)17-4/h8-9,18H,5-7H2,1-4H3. The number of carbonyl (C=O) groups is 1. The first-order valence-electron chi connectivity index (χ1n) is 6.14. The SMILES string of the molecule is CCCCPC(=O)c1c(OC)cc(C)cc1OC. The highest BCUT2D eigenvalue weighted by molar-refractivity contribution is 7.58. The molecule has 0 aliphatic heterocycles. The Balaban J connectivity index is 3.01. The maximum absolute atomic E-state index is 12.2. The van der Waals surface area contributed by atoms with E-state index in [1.165, 1.54) is 0 Å². The van der Waals surface area contributed by atoms with Gasteiger partial charge >= 0.3 is 0 Å². The van der Waals surface area contributed by atoms with Crippen molar-refractivity contribution in [3.05, 3.63) is 23.3 Å². The molecule has 0 fully saturated rings. The van der Waals surface area contributed by atoms with Gasteiger partial charge in [-0.3, -0.25) is 4.79 Å². The number of carbonyl (C=O) groups excluding carboxylic acids is 1. The van der Waals surface area contributed by atoms with Gasteiger partial charge in [0.05, 0.1) is 14.2 Å². The van der Waals surface area contributed by atoms with Crippen LogP contribution >= 0.6 is 8.58 Å². The van der Waals surface area contributed by atoms with Crippen molar-refractivity contribution in [3.63, 3.8) is 0 Å². The second-order valence-corrected chi connectivity index (χ2v) is 5.46. The number of hydrogen-bond acceptors (Lipinski definition) is 3. The first kappa shape index (κ1) is 15.0. The molecule has 1 unspecified atom stereocenters. The van der Waals surface area contributed by atoms with Crippen LogP contribution in [0.15, 0.2) is 12.1 Å². The lowest BCUT2D eigenvalue weighted by molar-refractivity contribution is 0.107. The lowest BCUT2D eigenvalue weighted by atomic mass is 10.1. The number of unbranched alkanes of at least 4 members (excludes halogenated alkanes) is 1. The van der Waals surface area contributed by atoms with Gasteiger partial charge in [-0.25, -0.2) is 0 Å². The maximum Gasteiger partial charge on any atom is 0.188 e. The lowest BCUT2D eigenvalue weighted by Crippen LogP contribution is -2.02. The van der Waals surface area contributed by atoms with Gasteiger partial charge in [0, 0.05) is 0 Å². The quantitative estimate of drug-likeness (QED) is 0.559. The minimum Gasteiger partial charge on any atom is -0.496 e. The van der Waals surface area contributed by atoms with Crippen LogP contribution in [0.5, 0.6) is 11.5 Å². The summed E-state index contributed by atoms with van der Waals surface area (Å²) in [5.41, 5.74) is 1.73. The summed E-state index contributed by atoms with van der Waals surface area (Å²) in [6, 6.07) is 3.75. The molecule has 18 heavy (non-hydrogen) atoms. The van der Waals surface area contributed by atoms with E-state index >= 15 is 0 Å². The van der Waals surface area contributed by atoms with Gasteiger partial charge in [-0.15, -0.1) is 0 Å². The van der Waals surface area contributed by atoms with Gasteiger partial charge in [0.2, 0.25) is 0 Å². The van der Waals surface area contributed by atoms with Crippen LogP contribution in [0.25, 0.3) is 0 Å². The molecule has 3 nitrogen and oxygen atoms in total. The fourth-order valence-electron chi connectivity index (χ4n) is 1.73. The predicted molar refractivity (Wildman–Crippen MR) is 76.7 cm³/mol. The van der Waals surface area contributed by atoms with E-state index in [0.29, 0.717) is 17.1 Å². The summed E-state index contributed by atoms with van der Waals surface area (Å²) in [6.45, 7) is 4.08. The second kappa shape index (κ2) is 7.38. The highest BCUT2D eigenvalue weighted by Gasteiger charge is 2.18. The molecule has 0 aliphatic carbocycles. The Hall–Kier alpha value is -1.08. The molecule has 1 rings (SSSR count). The summed E-state index contributed by atoms with van der Waals surface area (Å²) in [4.78, 5) is 12.2. The number of methoxy groups -OCH3 is 2. The van der Waals surface area contributed by atoms with Crippen molar-refractivity contribution >= 4 is 14.1 Å². The summed E-state index contributed by atoms with van der Waals surface area (Å²) >= 11 is 0. The normalized spacial score (nSPS) is 10.9. The molecule has 0 bridgehead atoms. The smallest absolute Gasteiger partial charge is 0.188 e. The summed E-state index contributed by atoms with van der Waals surface area (Å²) < 4.78 is 10.6. The van der Waals surface area contributed by atoms with Crippen LogP contribution in [0.1, 0.15) is 35.7 Å². The van der Waals surface area contributed by atoms with Crippen molar-refractivity contribution in [2.75, 3.05) is 20.4 Å². The van der Waals surface area contributed by atoms with E-state index in [9.17, 15) is 4.79 Å². The minimum atomic E-state index is 0.122. The highest BCUT2D eigenvalue weighted by atomic mass is 31.1. The Bertz CT molecular complexity index is 390. The zero-order valence-electron chi connectivity index (χ0n) is 11.5. The average molecular weight is 268 g/mol. The summed E-state index contributed by atoms with van der Waals surface area (Å²) in [5, 5.41) is 0. The van der Waals surface area contributed by atoms with Gasteiger partial charge in [0.15, 0.2) is 5.52 Å². The molecule has 0 spiro atoms.